The molecule has 2 nitrogen and oxygen atoms in total. The topological polar surface area (TPSA) is 14.2 Å². The van der Waals surface area contributed by atoms with Crippen LogP contribution in [-0.4, -0.2) is 11.3 Å². The summed E-state index contributed by atoms with van der Waals surface area (Å²) in [5, 5.41) is 2.58. The van der Waals surface area contributed by atoms with Crippen molar-refractivity contribution in [2.75, 3.05) is 0 Å². The molecule has 39 heavy (non-hydrogen) atoms. The van der Waals surface area contributed by atoms with Crippen LogP contribution < -0.4 is 21.1 Å². The summed E-state index contributed by atoms with van der Waals surface area (Å²) in [6, 6.07) is 48.1. The van der Waals surface area contributed by atoms with E-state index in [0.29, 0.717) is 0 Å². The average molecular weight is 495 g/mol. The van der Waals surface area contributed by atoms with Crippen molar-refractivity contribution in [1.82, 2.24) is 4.57 Å². The monoisotopic (exact) mass is 495 g/mol. The summed E-state index contributed by atoms with van der Waals surface area (Å²) >= 11 is 0. The van der Waals surface area contributed by atoms with Gasteiger partial charge in [0.2, 0.25) is 0 Å². The molecule has 2 aliphatic rings. The van der Waals surface area contributed by atoms with Crippen LogP contribution in [0, 0.1) is 0 Å². The lowest BCUT2D eigenvalue weighted by Crippen LogP contribution is -2.58. The first-order valence-electron chi connectivity index (χ1n) is 13.5. The van der Waals surface area contributed by atoms with E-state index in [1.807, 2.05) is 0 Å². The average Bonchev–Trinajstić information content (AvgIpc) is 3.35. The number of ether oxygens (including phenoxy) is 1. The van der Waals surface area contributed by atoms with Crippen LogP contribution in [0.25, 0.3) is 49.7 Å². The normalized spacial score (nSPS) is 12.8. The SMILES string of the molecule is c1ccc(-c2ccc3c(c2)B2c4c(cc(-c5ccccc5)cc4-n4c5ccccc5c5cccc2c54)O3)cc1. The predicted octanol–water partition coefficient (Wildman–Crippen LogP) is 7.05. The fourth-order valence-corrected chi connectivity index (χ4v) is 6.77. The molecule has 0 saturated heterocycles. The molecule has 2 aliphatic heterocycles. The molecule has 1 aromatic heterocycles. The Bertz CT molecular complexity index is 2090. The number of nitrogens with zero attached hydrogens (tertiary/aromatic N) is 1. The van der Waals surface area contributed by atoms with Crippen molar-refractivity contribution in [2.45, 2.75) is 0 Å². The van der Waals surface area contributed by atoms with Gasteiger partial charge in [-0.25, -0.2) is 0 Å². The first kappa shape index (κ1) is 21.0. The minimum Gasteiger partial charge on any atom is -0.458 e. The van der Waals surface area contributed by atoms with E-state index < -0.39 is 0 Å². The van der Waals surface area contributed by atoms with Crippen LogP contribution in [0.5, 0.6) is 11.5 Å². The number of fused-ring (bicyclic) bond motifs is 7. The van der Waals surface area contributed by atoms with Gasteiger partial charge in [-0.1, -0.05) is 109 Å². The van der Waals surface area contributed by atoms with Crippen molar-refractivity contribution in [1.29, 1.82) is 0 Å². The Hall–Kier alpha value is -5.02. The van der Waals surface area contributed by atoms with Crippen molar-refractivity contribution in [3.8, 4) is 39.4 Å². The Morgan fingerprint density at radius 1 is 0.487 bits per heavy atom. The summed E-state index contributed by atoms with van der Waals surface area (Å²) in [4.78, 5) is 0. The highest BCUT2D eigenvalue weighted by Gasteiger charge is 2.40. The van der Waals surface area contributed by atoms with Crippen molar-refractivity contribution in [2.24, 2.45) is 0 Å². The Balaban J connectivity index is 1.41. The number of hydrogen-bond donors (Lipinski definition) is 0. The minimum atomic E-state index is 0.0905. The minimum absolute atomic E-state index is 0.0905. The third kappa shape index (κ3) is 2.87. The smallest absolute Gasteiger partial charge is 0.256 e. The first-order valence-corrected chi connectivity index (χ1v) is 13.5. The van der Waals surface area contributed by atoms with Gasteiger partial charge in [0.25, 0.3) is 6.71 Å². The Morgan fingerprint density at radius 3 is 2.03 bits per heavy atom. The number of benzene rings is 6. The molecule has 0 saturated carbocycles. The lowest BCUT2D eigenvalue weighted by molar-refractivity contribution is 0.487. The molecule has 3 heterocycles. The lowest BCUT2D eigenvalue weighted by Gasteiger charge is -2.34. The second kappa shape index (κ2) is 7.75. The zero-order valence-corrected chi connectivity index (χ0v) is 21.1. The van der Waals surface area contributed by atoms with Gasteiger partial charge in [-0.05, 0) is 62.9 Å². The van der Waals surface area contributed by atoms with Crippen molar-refractivity contribution in [3.63, 3.8) is 0 Å². The maximum atomic E-state index is 6.76. The molecule has 0 aliphatic carbocycles. The summed E-state index contributed by atoms with van der Waals surface area (Å²) in [6.07, 6.45) is 0. The molecule has 3 heteroatoms. The van der Waals surface area contributed by atoms with Crippen LogP contribution in [0.3, 0.4) is 0 Å². The molecule has 0 unspecified atom stereocenters. The van der Waals surface area contributed by atoms with Crippen LogP contribution in [0.1, 0.15) is 0 Å². The largest absolute Gasteiger partial charge is 0.458 e. The summed E-state index contributed by atoms with van der Waals surface area (Å²) < 4.78 is 9.23. The van der Waals surface area contributed by atoms with Crippen LogP contribution in [0.2, 0.25) is 0 Å². The molecule has 0 bridgehead atoms. The molecule has 6 aromatic carbocycles. The van der Waals surface area contributed by atoms with Gasteiger partial charge in [0.15, 0.2) is 0 Å². The van der Waals surface area contributed by atoms with E-state index in [2.05, 4.69) is 138 Å². The van der Waals surface area contributed by atoms with Crippen molar-refractivity contribution in [3.05, 3.63) is 133 Å². The molecular weight excluding hydrogens is 473 g/mol. The molecule has 0 radical (unpaired) electrons. The van der Waals surface area contributed by atoms with E-state index in [4.69, 9.17) is 4.74 Å². The highest BCUT2D eigenvalue weighted by atomic mass is 16.5. The number of rotatable bonds is 2. The molecule has 0 spiro atoms. The second-order valence-corrected chi connectivity index (χ2v) is 10.5. The van der Waals surface area contributed by atoms with Gasteiger partial charge >= 0.3 is 0 Å². The van der Waals surface area contributed by atoms with Gasteiger partial charge in [-0.3, -0.25) is 0 Å². The quantitative estimate of drug-likeness (QED) is 0.235. The molecule has 0 amide bonds. The summed E-state index contributed by atoms with van der Waals surface area (Å²) in [7, 11) is 0. The third-order valence-corrected chi connectivity index (χ3v) is 8.44. The summed E-state index contributed by atoms with van der Waals surface area (Å²) in [5.74, 6) is 1.88. The highest BCUT2D eigenvalue weighted by Crippen LogP contribution is 2.39. The van der Waals surface area contributed by atoms with E-state index in [9.17, 15) is 0 Å². The molecule has 7 aromatic rings. The van der Waals surface area contributed by atoms with E-state index in [1.54, 1.807) is 0 Å². The van der Waals surface area contributed by atoms with E-state index in [1.165, 1.54) is 60.6 Å². The Morgan fingerprint density at radius 2 is 1.21 bits per heavy atom. The highest BCUT2D eigenvalue weighted by molar-refractivity contribution is 6.99. The fraction of sp³-hybridized carbons (Fsp3) is 0. The standard InChI is InChI=1S/C36H22BNO/c1-3-10-23(11-4-1)25-18-19-33-30(20-25)37-29-16-9-15-28-27-14-7-8-17-31(27)38(36(28)29)32-21-26(22-34(39-33)35(32)37)24-12-5-2-6-13-24/h1-22H. The summed E-state index contributed by atoms with van der Waals surface area (Å²) in [5.41, 5.74) is 12.3. The van der Waals surface area contributed by atoms with Gasteiger partial charge < -0.3 is 9.30 Å². The zero-order valence-electron chi connectivity index (χ0n) is 21.1. The van der Waals surface area contributed by atoms with Crippen LogP contribution in [0.4, 0.5) is 0 Å². The van der Waals surface area contributed by atoms with Gasteiger partial charge in [-0.15, -0.1) is 0 Å². The third-order valence-electron chi connectivity index (χ3n) is 8.44. The number of hydrogen-bond acceptors (Lipinski definition) is 1. The Labute approximate surface area is 226 Å². The number of aromatic nitrogens is 1. The van der Waals surface area contributed by atoms with Crippen molar-refractivity contribution < 1.29 is 4.74 Å². The van der Waals surface area contributed by atoms with E-state index >= 15 is 0 Å². The van der Waals surface area contributed by atoms with Gasteiger partial charge in [0, 0.05) is 22.0 Å². The van der Waals surface area contributed by atoms with Gasteiger partial charge in [0.1, 0.15) is 11.5 Å². The van der Waals surface area contributed by atoms with Crippen LogP contribution >= 0.6 is 0 Å². The van der Waals surface area contributed by atoms with E-state index in [0.717, 1.165) is 17.1 Å². The maximum absolute atomic E-state index is 6.76. The molecule has 9 rings (SSSR count). The molecular formula is C36H22BNO. The fourth-order valence-electron chi connectivity index (χ4n) is 6.77. The van der Waals surface area contributed by atoms with Crippen LogP contribution in [0.15, 0.2) is 133 Å². The summed E-state index contributed by atoms with van der Waals surface area (Å²) in [6.45, 7) is 0.0905. The number of para-hydroxylation sites is 2. The molecule has 0 N–H and O–H groups in total. The van der Waals surface area contributed by atoms with Gasteiger partial charge in [-0.2, -0.15) is 0 Å². The predicted molar refractivity (Wildman–Crippen MR) is 163 cm³/mol. The Kier molecular flexibility index (Phi) is 4.17. The maximum Gasteiger partial charge on any atom is 0.256 e. The second-order valence-electron chi connectivity index (χ2n) is 10.5. The van der Waals surface area contributed by atoms with Crippen molar-refractivity contribution >= 4 is 44.9 Å². The van der Waals surface area contributed by atoms with E-state index in [-0.39, 0.29) is 6.71 Å². The van der Waals surface area contributed by atoms with Gasteiger partial charge in [0.05, 0.1) is 5.52 Å². The molecule has 180 valence electrons. The lowest BCUT2D eigenvalue weighted by atomic mass is 9.34. The molecule has 0 atom stereocenters. The van der Waals surface area contributed by atoms with Crippen LogP contribution in [-0.2, 0) is 0 Å². The molecule has 0 fully saturated rings. The first-order chi connectivity index (χ1) is 19.3. The zero-order chi connectivity index (χ0) is 25.5.